The predicted octanol–water partition coefficient (Wildman–Crippen LogP) is 1.18. The van der Waals surface area contributed by atoms with Crippen LogP contribution >= 0.6 is 0 Å². The number of hydrogen-bond acceptors (Lipinski definition) is 6. The number of carbonyl (C=O) groups is 3. The van der Waals surface area contributed by atoms with Gasteiger partial charge in [0.2, 0.25) is 17.7 Å². The molecule has 6 N–H and O–H groups in total. The molecule has 1 fully saturated rings. The van der Waals surface area contributed by atoms with Crippen LogP contribution < -0.4 is 22.1 Å². The smallest absolute Gasteiger partial charge is 0.247 e. The number of hydrogen-bond donors (Lipinski definition) is 4. The van der Waals surface area contributed by atoms with Crippen LogP contribution in [0.1, 0.15) is 18.4 Å². The average Bonchev–Trinajstić information content (AvgIpc) is 3.31. The van der Waals surface area contributed by atoms with Crippen LogP contribution in [0.3, 0.4) is 0 Å². The van der Waals surface area contributed by atoms with Crippen molar-refractivity contribution in [2.24, 2.45) is 11.5 Å². The number of fused-ring (bicyclic) bond motifs is 1. The van der Waals surface area contributed by atoms with E-state index in [1.165, 1.54) is 4.90 Å². The molecule has 0 bridgehead atoms. The van der Waals surface area contributed by atoms with Crippen molar-refractivity contribution < 1.29 is 14.4 Å². The Morgan fingerprint density at radius 2 is 1.83 bits per heavy atom. The summed E-state index contributed by atoms with van der Waals surface area (Å²) in [5.74, 6) is -1.01. The van der Waals surface area contributed by atoms with Crippen molar-refractivity contribution in [3.05, 3.63) is 72.4 Å². The highest BCUT2D eigenvalue weighted by atomic mass is 16.2. The number of nitrogens with two attached hydrogens (primary N) is 2. The van der Waals surface area contributed by atoms with Crippen LogP contribution in [-0.4, -0.2) is 58.8 Å². The number of aryl methyl sites for hydroxylation is 1. The number of likely N-dealkylation sites (tertiary alicyclic amines) is 1. The highest BCUT2D eigenvalue weighted by Crippen LogP contribution is 2.23. The molecule has 3 aromatic rings. The molecule has 1 aliphatic rings. The van der Waals surface area contributed by atoms with E-state index in [9.17, 15) is 14.4 Å². The maximum absolute atomic E-state index is 13.3. The van der Waals surface area contributed by atoms with E-state index in [1.807, 2.05) is 60.7 Å². The topological polar surface area (TPSA) is 143 Å². The van der Waals surface area contributed by atoms with E-state index in [1.54, 1.807) is 6.20 Å². The average molecular weight is 475 g/mol. The lowest BCUT2D eigenvalue weighted by Crippen LogP contribution is -2.50. The highest BCUT2D eigenvalue weighted by Gasteiger charge is 2.41. The van der Waals surface area contributed by atoms with Gasteiger partial charge in [0.25, 0.3) is 0 Å². The maximum atomic E-state index is 13.3. The second-order valence-corrected chi connectivity index (χ2v) is 8.75. The van der Waals surface area contributed by atoms with Crippen LogP contribution in [0.25, 0.3) is 10.9 Å². The van der Waals surface area contributed by atoms with Gasteiger partial charge < -0.3 is 27.0 Å². The summed E-state index contributed by atoms with van der Waals surface area (Å²) in [6.45, 7) is 0.0261. The van der Waals surface area contributed by atoms with Crippen molar-refractivity contribution in [1.29, 1.82) is 0 Å². The van der Waals surface area contributed by atoms with Gasteiger partial charge in [-0.3, -0.25) is 19.4 Å². The Kier molecular flexibility index (Phi) is 7.69. The molecule has 35 heavy (non-hydrogen) atoms. The van der Waals surface area contributed by atoms with E-state index in [2.05, 4.69) is 15.6 Å². The molecule has 1 aliphatic heterocycles. The minimum absolute atomic E-state index is 0.166. The zero-order valence-corrected chi connectivity index (χ0v) is 19.4. The Morgan fingerprint density at radius 1 is 1.09 bits per heavy atom. The normalized spacial score (nSPS) is 18.3. The summed E-state index contributed by atoms with van der Waals surface area (Å²) in [6, 6.07) is 17.3. The minimum atomic E-state index is -0.778. The van der Waals surface area contributed by atoms with E-state index in [0.29, 0.717) is 18.5 Å². The van der Waals surface area contributed by atoms with E-state index in [-0.39, 0.29) is 43.3 Å². The molecule has 2 heterocycles. The van der Waals surface area contributed by atoms with Crippen LogP contribution in [0.2, 0.25) is 0 Å². The van der Waals surface area contributed by atoms with Crippen molar-refractivity contribution in [1.82, 2.24) is 15.2 Å². The fourth-order valence-electron chi connectivity index (χ4n) is 4.39. The Bertz CT molecular complexity index is 1200. The molecule has 0 aliphatic carbocycles. The van der Waals surface area contributed by atoms with Crippen LogP contribution in [0.15, 0.2) is 66.9 Å². The molecule has 0 saturated carbocycles. The molecule has 1 saturated heterocycles. The quantitative estimate of drug-likeness (QED) is 0.386. The third-order valence-corrected chi connectivity index (χ3v) is 6.20. The third kappa shape index (κ3) is 6.00. The van der Waals surface area contributed by atoms with Gasteiger partial charge in [-0.05, 0) is 37.0 Å². The number of rotatable bonds is 8. The van der Waals surface area contributed by atoms with Gasteiger partial charge in [0.05, 0.1) is 30.0 Å². The van der Waals surface area contributed by atoms with E-state index >= 15 is 0 Å². The summed E-state index contributed by atoms with van der Waals surface area (Å²) in [4.78, 5) is 44.2. The lowest BCUT2D eigenvalue weighted by molar-refractivity contribution is -0.137. The molecular formula is C26H30N6O3. The Hall–Kier alpha value is -3.82. The van der Waals surface area contributed by atoms with E-state index < -0.39 is 12.1 Å². The fraction of sp³-hybridized carbons (Fsp3) is 0.308. The van der Waals surface area contributed by atoms with Crippen LogP contribution in [0, 0.1) is 0 Å². The molecule has 0 spiro atoms. The summed E-state index contributed by atoms with van der Waals surface area (Å²) in [5.41, 5.74) is 14.1. The second-order valence-electron chi connectivity index (χ2n) is 8.75. The zero-order valence-electron chi connectivity index (χ0n) is 19.4. The van der Waals surface area contributed by atoms with Gasteiger partial charge in [0.1, 0.15) is 6.04 Å². The fourth-order valence-corrected chi connectivity index (χ4v) is 4.39. The van der Waals surface area contributed by atoms with E-state index in [0.717, 1.165) is 16.5 Å². The second kappa shape index (κ2) is 11.1. The lowest BCUT2D eigenvalue weighted by Gasteiger charge is -2.26. The van der Waals surface area contributed by atoms with Gasteiger partial charge in [0.15, 0.2) is 0 Å². The van der Waals surface area contributed by atoms with Gasteiger partial charge in [-0.1, -0.05) is 48.5 Å². The van der Waals surface area contributed by atoms with Crippen molar-refractivity contribution >= 4 is 34.3 Å². The molecule has 0 radical (unpaired) electrons. The first-order valence-electron chi connectivity index (χ1n) is 11.7. The van der Waals surface area contributed by atoms with Crippen LogP contribution in [0.4, 0.5) is 5.69 Å². The number of amides is 3. The summed E-state index contributed by atoms with van der Waals surface area (Å²) in [7, 11) is 0. The molecule has 2 aromatic carbocycles. The summed E-state index contributed by atoms with van der Waals surface area (Å²) < 4.78 is 0. The van der Waals surface area contributed by atoms with E-state index in [4.69, 9.17) is 11.5 Å². The Balaban J connectivity index is 1.47. The maximum Gasteiger partial charge on any atom is 0.247 e. The number of aromatic nitrogens is 1. The standard InChI is InChI=1S/C26H30N6O3/c27-14-24(33)30-20-13-23(25(34)31-19-12-18-8-4-5-9-22(18)29-15-19)32(16-20)26(35)21(28)11-10-17-6-2-1-3-7-17/h1-9,12,15,20-21,23H,10-11,13-14,16,27-28H2,(H,30,33)(H,31,34)/t20-,21+,23+/m1/s1. The molecule has 0 unspecified atom stereocenters. The SMILES string of the molecule is NCC(=O)N[C@@H]1C[C@@H](C(=O)Nc2cnc3ccccc3c2)N(C(=O)[C@@H](N)CCc2ccccc2)C1. The molecule has 9 nitrogen and oxygen atoms in total. The Labute approximate surface area is 203 Å². The van der Waals surface area contributed by atoms with Crippen LogP contribution in [-0.2, 0) is 20.8 Å². The summed E-state index contributed by atoms with van der Waals surface area (Å²) in [5, 5.41) is 6.55. The van der Waals surface area contributed by atoms with Gasteiger partial charge in [-0.25, -0.2) is 0 Å². The number of para-hydroxylation sites is 1. The van der Waals surface area contributed by atoms with Crippen molar-refractivity contribution in [2.45, 2.75) is 37.4 Å². The van der Waals surface area contributed by atoms with Gasteiger partial charge >= 0.3 is 0 Å². The number of anilines is 1. The van der Waals surface area contributed by atoms with Crippen LogP contribution in [0.5, 0.6) is 0 Å². The third-order valence-electron chi connectivity index (χ3n) is 6.20. The molecule has 1 aromatic heterocycles. The molecule has 3 atom stereocenters. The Morgan fingerprint density at radius 3 is 2.60 bits per heavy atom. The molecule has 182 valence electrons. The first kappa shape index (κ1) is 24.3. The first-order chi connectivity index (χ1) is 16.9. The molecule has 4 rings (SSSR count). The number of carbonyl (C=O) groups excluding carboxylic acids is 3. The molecule has 9 heteroatoms. The lowest BCUT2D eigenvalue weighted by atomic mass is 10.0. The van der Waals surface area contributed by atoms with Crippen molar-refractivity contribution in [2.75, 3.05) is 18.4 Å². The first-order valence-corrected chi connectivity index (χ1v) is 11.7. The van der Waals surface area contributed by atoms with Gasteiger partial charge in [-0.15, -0.1) is 0 Å². The van der Waals surface area contributed by atoms with Crippen molar-refractivity contribution in [3.63, 3.8) is 0 Å². The largest absolute Gasteiger partial charge is 0.350 e. The van der Waals surface area contributed by atoms with Crippen molar-refractivity contribution in [3.8, 4) is 0 Å². The summed E-state index contributed by atoms with van der Waals surface area (Å²) >= 11 is 0. The number of nitrogens with zero attached hydrogens (tertiary/aromatic N) is 2. The van der Waals surface area contributed by atoms with Gasteiger partial charge in [0, 0.05) is 18.0 Å². The predicted molar refractivity (Wildman–Crippen MR) is 134 cm³/mol. The summed E-state index contributed by atoms with van der Waals surface area (Å²) in [6.07, 6.45) is 2.95. The zero-order chi connectivity index (χ0) is 24.8. The number of benzene rings is 2. The minimum Gasteiger partial charge on any atom is -0.350 e. The monoisotopic (exact) mass is 474 g/mol. The molecule has 3 amide bonds. The highest BCUT2D eigenvalue weighted by molar-refractivity contribution is 5.99. The molecular weight excluding hydrogens is 444 g/mol. The number of pyridine rings is 1. The van der Waals surface area contributed by atoms with Gasteiger partial charge in [-0.2, -0.15) is 0 Å². The number of nitrogens with one attached hydrogen (secondary N) is 2.